The Bertz CT molecular complexity index is 506. The Kier molecular flexibility index (Phi) is 7.79. The Morgan fingerprint density at radius 2 is 2.15 bits per heavy atom. The van der Waals surface area contributed by atoms with E-state index in [2.05, 4.69) is 4.72 Å². The summed E-state index contributed by atoms with van der Waals surface area (Å²) in [5, 5.41) is 0. The number of thioether (sulfide) groups is 2. The minimum Gasteiger partial charge on any atom is -0.399 e. The molecule has 0 aliphatic heterocycles. The van der Waals surface area contributed by atoms with Crippen LogP contribution in [0.3, 0.4) is 0 Å². The predicted molar refractivity (Wildman–Crippen MR) is 91.0 cm³/mol. The second kappa shape index (κ2) is 8.81. The van der Waals surface area contributed by atoms with Crippen LogP contribution in [0.15, 0.2) is 29.2 Å². The van der Waals surface area contributed by atoms with Crippen molar-refractivity contribution in [2.24, 2.45) is 0 Å². The molecule has 0 bridgehead atoms. The third-order valence-electron chi connectivity index (χ3n) is 2.69. The molecule has 0 spiro atoms. The lowest BCUT2D eigenvalue weighted by Gasteiger charge is -2.15. The van der Waals surface area contributed by atoms with Crippen LogP contribution in [-0.4, -0.2) is 38.0 Å². The van der Waals surface area contributed by atoms with Gasteiger partial charge in [-0.1, -0.05) is 13.0 Å². The van der Waals surface area contributed by atoms with Gasteiger partial charge in [0.2, 0.25) is 10.0 Å². The van der Waals surface area contributed by atoms with Gasteiger partial charge < -0.3 is 5.73 Å². The molecule has 1 atom stereocenters. The number of hydrogen-bond acceptors (Lipinski definition) is 5. The van der Waals surface area contributed by atoms with Crippen LogP contribution < -0.4 is 10.5 Å². The summed E-state index contributed by atoms with van der Waals surface area (Å²) in [4.78, 5) is 0.997. The first-order chi connectivity index (χ1) is 9.46. The van der Waals surface area contributed by atoms with E-state index >= 15 is 0 Å². The number of rotatable bonds is 9. The molecule has 3 N–H and O–H groups in total. The maximum atomic E-state index is 12.0. The predicted octanol–water partition coefficient (Wildman–Crippen LogP) is 2.42. The smallest absolute Gasteiger partial charge is 0.212 e. The van der Waals surface area contributed by atoms with Crippen molar-refractivity contribution in [3.63, 3.8) is 0 Å². The minimum absolute atomic E-state index is 0.0207. The van der Waals surface area contributed by atoms with E-state index in [9.17, 15) is 8.42 Å². The summed E-state index contributed by atoms with van der Waals surface area (Å²) in [5.41, 5.74) is 6.38. The molecule has 0 saturated carbocycles. The average Bonchev–Trinajstić information content (AvgIpc) is 2.38. The highest BCUT2D eigenvalue weighted by Gasteiger charge is 2.16. The zero-order valence-electron chi connectivity index (χ0n) is 11.8. The molecule has 1 unspecified atom stereocenters. The van der Waals surface area contributed by atoms with Crippen molar-refractivity contribution in [2.75, 3.05) is 29.2 Å². The van der Waals surface area contributed by atoms with Crippen molar-refractivity contribution in [1.29, 1.82) is 0 Å². The number of nitrogens with one attached hydrogen (secondary N) is 1. The molecular formula is C13H22N2O2S3. The average molecular weight is 335 g/mol. The molecule has 7 heteroatoms. The summed E-state index contributed by atoms with van der Waals surface area (Å²) in [6.07, 6.45) is 2.79. The lowest BCUT2D eigenvalue weighted by molar-refractivity contribution is 0.560. The van der Waals surface area contributed by atoms with Crippen LogP contribution in [-0.2, 0) is 10.0 Å². The Balaban J connectivity index is 2.43. The third-order valence-corrected chi connectivity index (χ3v) is 6.11. The van der Waals surface area contributed by atoms with E-state index in [4.69, 9.17) is 5.73 Å². The number of nitrogens with two attached hydrogens (primary N) is 1. The van der Waals surface area contributed by atoms with Crippen LogP contribution in [0.25, 0.3) is 0 Å². The summed E-state index contributed by atoms with van der Waals surface area (Å²) in [7, 11) is -3.21. The van der Waals surface area contributed by atoms with Crippen LogP contribution in [0.1, 0.15) is 13.3 Å². The molecule has 0 fully saturated rings. The lowest BCUT2D eigenvalue weighted by atomic mass is 10.3. The van der Waals surface area contributed by atoms with Crippen LogP contribution in [0.5, 0.6) is 0 Å². The van der Waals surface area contributed by atoms with Crippen molar-refractivity contribution in [1.82, 2.24) is 4.72 Å². The first kappa shape index (κ1) is 17.7. The highest BCUT2D eigenvalue weighted by atomic mass is 32.2. The monoisotopic (exact) mass is 334 g/mol. The second-order valence-corrected chi connectivity index (χ2v) is 8.37. The maximum Gasteiger partial charge on any atom is 0.212 e. The van der Waals surface area contributed by atoms with E-state index in [1.54, 1.807) is 11.8 Å². The molecule has 0 aromatic heterocycles. The van der Waals surface area contributed by atoms with Gasteiger partial charge in [-0.05, 0) is 30.9 Å². The van der Waals surface area contributed by atoms with Gasteiger partial charge in [-0.3, -0.25) is 0 Å². The first-order valence-corrected chi connectivity index (χ1v) is 10.5. The van der Waals surface area contributed by atoms with Crippen LogP contribution >= 0.6 is 23.5 Å². The summed E-state index contributed by atoms with van der Waals surface area (Å²) >= 11 is 3.16. The molecule has 1 aromatic rings. The van der Waals surface area contributed by atoms with Gasteiger partial charge in [0.15, 0.2) is 0 Å². The minimum atomic E-state index is -3.21. The lowest BCUT2D eigenvalue weighted by Crippen LogP contribution is -2.38. The highest BCUT2D eigenvalue weighted by Crippen LogP contribution is 2.20. The van der Waals surface area contributed by atoms with Crippen molar-refractivity contribution in [3.05, 3.63) is 24.3 Å². The number of hydrogen-bond donors (Lipinski definition) is 2. The van der Waals surface area contributed by atoms with Gasteiger partial charge in [0.05, 0.1) is 5.75 Å². The molecule has 114 valence electrons. The molecule has 0 amide bonds. The Hall–Kier alpha value is -0.370. The fourth-order valence-corrected chi connectivity index (χ4v) is 5.17. The van der Waals surface area contributed by atoms with Gasteiger partial charge >= 0.3 is 0 Å². The van der Waals surface area contributed by atoms with Crippen LogP contribution in [0.2, 0.25) is 0 Å². The van der Waals surface area contributed by atoms with Gasteiger partial charge in [0, 0.05) is 28.1 Å². The van der Waals surface area contributed by atoms with E-state index < -0.39 is 10.0 Å². The van der Waals surface area contributed by atoms with Crippen molar-refractivity contribution in [2.45, 2.75) is 24.3 Å². The Labute approximate surface area is 130 Å². The molecule has 0 radical (unpaired) electrons. The summed E-state index contributed by atoms with van der Waals surface area (Å²) in [6.45, 7) is 1.99. The van der Waals surface area contributed by atoms with E-state index in [0.717, 1.165) is 17.1 Å². The summed E-state index contributed by atoms with van der Waals surface area (Å²) in [5.74, 6) is 1.45. The molecule has 0 aliphatic rings. The molecule has 0 heterocycles. The third kappa shape index (κ3) is 6.88. The van der Waals surface area contributed by atoms with E-state index in [1.807, 2.05) is 37.4 Å². The van der Waals surface area contributed by atoms with E-state index in [-0.39, 0.29) is 11.8 Å². The maximum absolute atomic E-state index is 12.0. The molecule has 0 saturated heterocycles. The van der Waals surface area contributed by atoms with Gasteiger partial charge in [-0.15, -0.1) is 11.8 Å². The SMILES string of the molecule is CCC(CSC)NS(=O)(=O)CCSc1cccc(N)c1. The molecule has 1 rings (SSSR count). The van der Waals surface area contributed by atoms with Crippen LogP contribution in [0.4, 0.5) is 5.69 Å². The fourth-order valence-electron chi connectivity index (χ4n) is 1.62. The topological polar surface area (TPSA) is 72.2 Å². The standard InChI is InChI=1S/C13H22N2O2S3/c1-3-12(10-18-2)15-20(16,17)8-7-19-13-6-4-5-11(14)9-13/h4-6,9,12,15H,3,7-8,10,14H2,1-2H3. The zero-order chi connectivity index (χ0) is 15.0. The van der Waals surface area contributed by atoms with Gasteiger partial charge in [0.25, 0.3) is 0 Å². The van der Waals surface area contributed by atoms with Gasteiger partial charge in [-0.2, -0.15) is 11.8 Å². The normalized spacial score (nSPS) is 13.3. The van der Waals surface area contributed by atoms with Crippen molar-refractivity contribution in [3.8, 4) is 0 Å². The molecule has 20 heavy (non-hydrogen) atoms. The second-order valence-electron chi connectivity index (χ2n) is 4.42. The van der Waals surface area contributed by atoms with E-state index in [1.165, 1.54) is 11.8 Å². The Morgan fingerprint density at radius 3 is 2.75 bits per heavy atom. The van der Waals surface area contributed by atoms with Gasteiger partial charge in [0.1, 0.15) is 0 Å². The fraction of sp³-hybridized carbons (Fsp3) is 0.538. The number of anilines is 1. The largest absolute Gasteiger partial charge is 0.399 e. The number of nitrogen functional groups attached to an aromatic ring is 1. The summed E-state index contributed by atoms with van der Waals surface area (Å²) in [6, 6.07) is 7.50. The van der Waals surface area contributed by atoms with Crippen molar-refractivity contribution >= 4 is 39.2 Å². The highest BCUT2D eigenvalue weighted by molar-refractivity contribution is 8.00. The summed E-state index contributed by atoms with van der Waals surface area (Å²) < 4.78 is 26.7. The number of sulfonamides is 1. The van der Waals surface area contributed by atoms with Crippen molar-refractivity contribution < 1.29 is 8.42 Å². The first-order valence-electron chi connectivity index (χ1n) is 6.44. The number of benzene rings is 1. The quantitative estimate of drug-likeness (QED) is 0.536. The molecular weight excluding hydrogens is 312 g/mol. The van der Waals surface area contributed by atoms with Gasteiger partial charge in [-0.25, -0.2) is 13.1 Å². The molecule has 0 aliphatic carbocycles. The Morgan fingerprint density at radius 1 is 1.40 bits per heavy atom. The zero-order valence-corrected chi connectivity index (χ0v) is 14.3. The van der Waals surface area contributed by atoms with E-state index in [0.29, 0.717) is 11.4 Å². The molecule has 1 aromatic carbocycles. The van der Waals surface area contributed by atoms with Crippen LogP contribution in [0, 0.1) is 0 Å². The molecule has 4 nitrogen and oxygen atoms in total.